The Balaban J connectivity index is 2.30. The van der Waals surface area contributed by atoms with Crippen LogP contribution in [0.2, 0.25) is 15.1 Å². The molecule has 0 aliphatic rings. The van der Waals surface area contributed by atoms with Crippen LogP contribution in [-0.2, 0) is 0 Å². The summed E-state index contributed by atoms with van der Waals surface area (Å²) in [5, 5.41) is 21.7. The first-order valence-electron chi connectivity index (χ1n) is 6.47. The lowest BCUT2D eigenvalue weighted by Gasteiger charge is -2.03. The predicted octanol–water partition coefficient (Wildman–Crippen LogP) is 4.36. The van der Waals surface area contributed by atoms with Crippen LogP contribution in [0.1, 0.15) is 18.5 Å². The van der Waals surface area contributed by atoms with Crippen LogP contribution in [0.5, 0.6) is 0 Å². The molecule has 0 radical (unpaired) electrons. The number of hydrogen-bond donors (Lipinski definition) is 2. The summed E-state index contributed by atoms with van der Waals surface area (Å²) in [5.41, 5.74) is 0.533. The zero-order valence-corrected chi connectivity index (χ0v) is 13.6. The van der Waals surface area contributed by atoms with Crippen molar-refractivity contribution in [2.75, 3.05) is 18.5 Å². The fourth-order valence-corrected chi connectivity index (χ4v) is 2.46. The second kappa shape index (κ2) is 7.70. The van der Waals surface area contributed by atoms with Gasteiger partial charge in [-0.05, 0) is 25.0 Å². The van der Waals surface area contributed by atoms with Gasteiger partial charge >= 0.3 is 0 Å². The van der Waals surface area contributed by atoms with Crippen LogP contribution >= 0.6 is 34.8 Å². The summed E-state index contributed by atoms with van der Waals surface area (Å²) in [6, 6.07) is 5.03. The minimum Gasteiger partial charge on any atom is -0.419 e. The number of unbranched alkanes of at least 4 members (excludes halogenated alkanes) is 1. The van der Waals surface area contributed by atoms with Crippen LogP contribution in [0.4, 0.5) is 5.88 Å². The maximum atomic E-state index is 9.12. The number of hydrogen-bond acceptors (Lipinski definition) is 5. The minimum absolute atomic E-state index is 0.116. The number of nitrogens with zero attached hydrogens (tertiary/aromatic N) is 2. The Labute approximate surface area is 142 Å². The Bertz CT molecular complexity index is 710. The molecule has 8 heteroatoms. The van der Waals surface area contributed by atoms with Gasteiger partial charge in [0, 0.05) is 18.2 Å². The quantitative estimate of drug-likeness (QED) is 0.591. The van der Waals surface area contributed by atoms with Crippen molar-refractivity contribution in [3.8, 4) is 17.5 Å². The highest BCUT2D eigenvalue weighted by Gasteiger charge is 2.18. The first-order chi connectivity index (χ1) is 10.6. The molecule has 2 aromatic rings. The van der Waals surface area contributed by atoms with Crippen molar-refractivity contribution < 1.29 is 9.52 Å². The van der Waals surface area contributed by atoms with Crippen molar-refractivity contribution in [3.63, 3.8) is 0 Å². The highest BCUT2D eigenvalue weighted by atomic mass is 35.5. The third-order valence-electron chi connectivity index (χ3n) is 2.83. The Morgan fingerprint density at radius 1 is 1.27 bits per heavy atom. The maximum absolute atomic E-state index is 9.12. The SMILES string of the molecule is N#Cc1nc(-c2cc(Cl)cc(Cl)c2Cl)oc1NCCCCO. The molecule has 0 amide bonds. The summed E-state index contributed by atoms with van der Waals surface area (Å²) in [4.78, 5) is 4.10. The van der Waals surface area contributed by atoms with Crippen molar-refractivity contribution in [3.05, 3.63) is 32.9 Å². The topological polar surface area (TPSA) is 82.1 Å². The normalized spacial score (nSPS) is 10.5. The first kappa shape index (κ1) is 16.9. The molecule has 0 aliphatic carbocycles. The third kappa shape index (κ3) is 3.84. The average Bonchev–Trinajstić information content (AvgIpc) is 2.90. The van der Waals surface area contributed by atoms with E-state index < -0.39 is 0 Å². The molecule has 0 spiro atoms. The fourth-order valence-electron chi connectivity index (χ4n) is 1.78. The molecule has 1 aromatic carbocycles. The number of halogens is 3. The molecule has 1 aromatic heterocycles. The Kier molecular flexibility index (Phi) is 5.92. The van der Waals surface area contributed by atoms with Gasteiger partial charge in [0.15, 0.2) is 0 Å². The predicted molar refractivity (Wildman–Crippen MR) is 86.5 cm³/mol. The fraction of sp³-hybridized carbons (Fsp3) is 0.286. The summed E-state index contributed by atoms with van der Waals surface area (Å²) in [5.74, 6) is 0.415. The third-order valence-corrected chi connectivity index (χ3v) is 3.85. The summed E-state index contributed by atoms with van der Waals surface area (Å²) in [7, 11) is 0. The summed E-state index contributed by atoms with van der Waals surface area (Å²) in [6.07, 6.45) is 1.40. The lowest BCUT2D eigenvalue weighted by molar-refractivity contribution is 0.286. The van der Waals surface area contributed by atoms with Crippen molar-refractivity contribution in [1.82, 2.24) is 4.98 Å². The molecular weight excluding hydrogens is 349 g/mol. The molecule has 1 heterocycles. The van der Waals surface area contributed by atoms with Gasteiger partial charge in [0.1, 0.15) is 6.07 Å². The standard InChI is InChI=1S/C14H12Cl3N3O2/c15-8-5-9(12(17)10(16)6-8)13-20-11(7-18)14(22-13)19-3-1-2-4-21/h5-6,19,21H,1-4H2. The number of oxazole rings is 1. The van der Waals surface area contributed by atoms with Crippen LogP contribution in [-0.4, -0.2) is 23.2 Å². The number of benzene rings is 1. The molecule has 0 saturated carbocycles. The molecule has 0 unspecified atom stereocenters. The monoisotopic (exact) mass is 359 g/mol. The van der Waals surface area contributed by atoms with E-state index in [-0.39, 0.29) is 34.1 Å². The van der Waals surface area contributed by atoms with E-state index in [4.69, 9.17) is 49.6 Å². The van der Waals surface area contributed by atoms with Crippen molar-refractivity contribution >= 4 is 40.7 Å². The number of aromatic nitrogens is 1. The second-order valence-electron chi connectivity index (χ2n) is 4.42. The molecule has 2 rings (SSSR count). The van der Waals surface area contributed by atoms with Gasteiger partial charge in [0.25, 0.3) is 0 Å². The van der Waals surface area contributed by atoms with Crippen LogP contribution in [0, 0.1) is 11.3 Å². The molecular formula is C14H12Cl3N3O2. The zero-order chi connectivity index (χ0) is 16.1. The molecule has 0 bridgehead atoms. The molecule has 0 saturated heterocycles. The molecule has 116 valence electrons. The minimum atomic E-state index is 0.116. The van der Waals surface area contributed by atoms with E-state index in [2.05, 4.69) is 10.3 Å². The number of nitriles is 1. The zero-order valence-electron chi connectivity index (χ0n) is 11.4. The van der Waals surface area contributed by atoms with Gasteiger partial charge in [-0.2, -0.15) is 10.2 Å². The Morgan fingerprint density at radius 2 is 2.05 bits per heavy atom. The highest BCUT2D eigenvalue weighted by molar-refractivity contribution is 6.44. The number of aliphatic hydroxyl groups excluding tert-OH is 1. The van der Waals surface area contributed by atoms with E-state index in [1.807, 2.05) is 6.07 Å². The molecule has 22 heavy (non-hydrogen) atoms. The maximum Gasteiger partial charge on any atom is 0.232 e. The van der Waals surface area contributed by atoms with E-state index in [1.54, 1.807) is 6.07 Å². The van der Waals surface area contributed by atoms with Crippen LogP contribution < -0.4 is 5.32 Å². The van der Waals surface area contributed by atoms with E-state index in [9.17, 15) is 0 Å². The van der Waals surface area contributed by atoms with Gasteiger partial charge in [0.05, 0.1) is 15.6 Å². The Morgan fingerprint density at radius 3 is 2.73 bits per heavy atom. The molecule has 0 atom stereocenters. The first-order valence-corrected chi connectivity index (χ1v) is 7.60. The van der Waals surface area contributed by atoms with E-state index in [1.165, 1.54) is 6.07 Å². The molecule has 5 nitrogen and oxygen atoms in total. The highest BCUT2D eigenvalue weighted by Crippen LogP contribution is 2.37. The second-order valence-corrected chi connectivity index (χ2v) is 5.64. The molecule has 0 aliphatic heterocycles. The largest absolute Gasteiger partial charge is 0.419 e. The Hall–Kier alpha value is -1.45. The summed E-state index contributed by atoms with van der Waals surface area (Å²) >= 11 is 18.1. The van der Waals surface area contributed by atoms with Gasteiger partial charge < -0.3 is 14.8 Å². The lowest BCUT2D eigenvalue weighted by atomic mass is 10.2. The van der Waals surface area contributed by atoms with Gasteiger partial charge in [-0.25, -0.2) is 0 Å². The van der Waals surface area contributed by atoms with E-state index in [0.29, 0.717) is 23.6 Å². The van der Waals surface area contributed by atoms with Gasteiger partial charge in [-0.15, -0.1) is 0 Å². The average molecular weight is 361 g/mol. The van der Waals surface area contributed by atoms with E-state index in [0.717, 1.165) is 6.42 Å². The molecule has 0 fully saturated rings. The number of rotatable bonds is 6. The van der Waals surface area contributed by atoms with Crippen molar-refractivity contribution in [2.45, 2.75) is 12.8 Å². The van der Waals surface area contributed by atoms with E-state index >= 15 is 0 Å². The number of aliphatic hydroxyl groups is 1. The van der Waals surface area contributed by atoms with Crippen LogP contribution in [0.25, 0.3) is 11.5 Å². The van der Waals surface area contributed by atoms with Gasteiger partial charge in [0.2, 0.25) is 17.5 Å². The number of anilines is 1. The molecule has 2 N–H and O–H groups in total. The van der Waals surface area contributed by atoms with Crippen molar-refractivity contribution in [1.29, 1.82) is 5.26 Å². The number of nitrogens with one attached hydrogen (secondary N) is 1. The van der Waals surface area contributed by atoms with Crippen LogP contribution in [0.3, 0.4) is 0 Å². The smallest absolute Gasteiger partial charge is 0.232 e. The van der Waals surface area contributed by atoms with Gasteiger partial charge in [-0.3, -0.25) is 0 Å². The summed E-state index contributed by atoms with van der Waals surface area (Å²) < 4.78 is 5.55. The van der Waals surface area contributed by atoms with Crippen LogP contribution in [0.15, 0.2) is 16.5 Å². The van der Waals surface area contributed by atoms with Crippen molar-refractivity contribution in [2.24, 2.45) is 0 Å². The summed E-state index contributed by atoms with van der Waals surface area (Å²) in [6.45, 7) is 0.666. The van der Waals surface area contributed by atoms with Gasteiger partial charge in [-0.1, -0.05) is 34.8 Å². The lowest BCUT2D eigenvalue weighted by Crippen LogP contribution is -2.02.